The van der Waals surface area contributed by atoms with Gasteiger partial charge in [-0.1, -0.05) is 0 Å². The van der Waals surface area contributed by atoms with E-state index in [1.165, 1.54) is 13.2 Å². The lowest BCUT2D eigenvalue weighted by molar-refractivity contribution is -0.0566. The monoisotopic (exact) mass is 337 g/mol. The van der Waals surface area contributed by atoms with Crippen molar-refractivity contribution in [3.05, 3.63) is 28.0 Å². The van der Waals surface area contributed by atoms with Crippen molar-refractivity contribution in [2.75, 3.05) is 20.2 Å². The Balaban J connectivity index is 2.04. The Morgan fingerprint density at radius 2 is 1.95 bits per heavy atom. The first kappa shape index (κ1) is 14.7. The molecule has 2 rings (SSSR count). The summed E-state index contributed by atoms with van der Waals surface area (Å²) in [4.78, 5) is 1.91. The first-order valence-corrected chi connectivity index (χ1v) is 6.83. The van der Waals surface area contributed by atoms with Gasteiger partial charge in [-0.3, -0.25) is 4.90 Å². The number of ether oxygens (including phenoxy) is 1. The molecule has 0 atom stereocenters. The van der Waals surface area contributed by atoms with Crippen molar-refractivity contribution in [3.63, 3.8) is 0 Å². The van der Waals surface area contributed by atoms with Crippen molar-refractivity contribution in [2.24, 2.45) is 0 Å². The number of benzene rings is 1. The average molecular weight is 338 g/mol. The van der Waals surface area contributed by atoms with Gasteiger partial charge < -0.3 is 4.74 Å². The van der Waals surface area contributed by atoms with E-state index in [9.17, 15) is 13.2 Å². The Morgan fingerprint density at radius 3 is 2.47 bits per heavy atom. The van der Waals surface area contributed by atoms with E-state index in [-0.39, 0.29) is 18.6 Å². The number of nitrogens with zero attached hydrogens (tertiary/aromatic N) is 1. The minimum absolute atomic E-state index is 0.132. The van der Waals surface area contributed by atoms with E-state index in [2.05, 4.69) is 15.9 Å². The molecule has 0 radical (unpaired) electrons. The van der Waals surface area contributed by atoms with Crippen molar-refractivity contribution in [1.82, 2.24) is 4.90 Å². The molecular weight excluding hydrogens is 323 g/mol. The minimum Gasteiger partial charge on any atom is -0.492 e. The Labute approximate surface area is 118 Å². The van der Waals surface area contributed by atoms with Crippen molar-refractivity contribution in [2.45, 2.75) is 25.3 Å². The summed E-state index contributed by atoms with van der Waals surface area (Å²) in [6.07, 6.45) is -0.264. The van der Waals surface area contributed by atoms with E-state index in [0.717, 1.165) is 5.56 Å². The summed E-state index contributed by atoms with van der Waals surface area (Å²) in [6, 6.07) is 3.14. The summed E-state index contributed by atoms with van der Waals surface area (Å²) in [5.74, 6) is -2.84. The molecule has 0 aromatic heterocycles. The molecular formula is C13H15BrF3NO. The second-order valence-corrected chi connectivity index (χ2v) is 5.58. The molecule has 1 aromatic rings. The number of hydrogen-bond donors (Lipinski definition) is 0. The molecule has 0 spiro atoms. The van der Waals surface area contributed by atoms with Gasteiger partial charge in [0, 0.05) is 32.5 Å². The van der Waals surface area contributed by atoms with Gasteiger partial charge in [0.25, 0.3) is 5.92 Å². The Hall–Kier alpha value is -0.750. The zero-order valence-corrected chi connectivity index (χ0v) is 12.1. The van der Waals surface area contributed by atoms with Crippen LogP contribution in [0.2, 0.25) is 0 Å². The lowest BCUT2D eigenvalue weighted by Crippen LogP contribution is -2.38. The van der Waals surface area contributed by atoms with Crippen LogP contribution in [0, 0.1) is 5.82 Å². The Kier molecular flexibility index (Phi) is 4.40. The molecule has 19 heavy (non-hydrogen) atoms. The Morgan fingerprint density at radius 1 is 1.32 bits per heavy atom. The molecule has 1 aromatic carbocycles. The number of likely N-dealkylation sites (tertiary alicyclic amines) is 1. The van der Waals surface area contributed by atoms with E-state index in [0.29, 0.717) is 24.1 Å². The number of piperidine rings is 1. The van der Waals surface area contributed by atoms with E-state index in [1.807, 2.05) is 4.90 Å². The third-order valence-corrected chi connectivity index (χ3v) is 3.84. The number of methoxy groups -OCH3 is 1. The molecule has 1 aliphatic rings. The van der Waals surface area contributed by atoms with Crippen molar-refractivity contribution < 1.29 is 17.9 Å². The third-order valence-electron chi connectivity index (χ3n) is 3.26. The van der Waals surface area contributed by atoms with Crippen LogP contribution >= 0.6 is 15.9 Å². The molecule has 2 nitrogen and oxygen atoms in total. The smallest absolute Gasteiger partial charge is 0.250 e. The normalized spacial score (nSPS) is 19.4. The second-order valence-electron chi connectivity index (χ2n) is 4.72. The summed E-state index contributed by atoms with van der Waals surface area (Å²) in [6.45, 7) is 1.13. The lowest BCUT2D eigenvalue weighted by Gasteiger charge is -2.31. The van der Waals surface area contributed by atoms with Crippen LogP contribution in [0.5, 0.6) is 5.75 Å². The lowest BCUT2D eigenvalue weighted by atomic mass is 10.1. The highest BCUT2D eigenvalue weighted by Gasteiger charge is 2.33. The maximum atomic E-state index is 13.7. The molecule has 106 valence electrons. The van der Waals surface area contributed by atoms with Crippen LogP contribution in [0.4, 0.5) is 13.2 Å². The van der Waals surface area contributed by atoms with Gasteiger partial charge in [-0.2, -0.15) is 0 Å². The van der Waals surface area contributed by atoms with Crippen molar-refractivity contribution in [3.8, 4) is 5.75 Å². The molecule has 0 unspecified atom stereocenters. The molecule has 1 fully saturated rings. The number of halogens is 4. The van der Waals surface area contributed by atoms with Gasteiger partial charge >= 0.3 is 0 Å². The van der Waals surface area contributed by atoms with Crippen LogP contribution in [0.15, 0.2) is 16.6 Å². The van der Waals surface area contributed by atoms with Crippen molar-refractivity contribution >= 4 is 15.9 Å². The third kappa shape index (κ3) is 3.63. The first-order chi connectivity index (χ1) is 8.91. The van der Waals surface area contributed by atoms with Gasteiger partial charge in [0.2, 0.25) is 0 Å². The van der Waals surface area contributed by atoms with E-state index in [1.54, 1.807) is 6.07 Å². The van der Waals surface area contributed by atoms with Gasteiger partial charge in [-0.05, 0) is 33.6 Å². The van der Waals surface area contributed by atoms with Crippen molar-refractivity contribution in [1.29, 1.82) is 0 Å². The fourth-order valence-corrected chi connectivity index (χ4v) is 2.84. The van der Waals surface area contributed by atoms with E-state index < -0.39 is 11.7 Å². The van der Waals surface area contributed by atoms with Crippen LogP contribution < -0.4 is 4.74 Å². The fraction of sp³-hybridized carbons (Fsp3) is 0.538. The molecule has 0 amide bonds. The quantitative estimate of drug-likeness (QED) is 0.831. The van der Waals surface area contributed by atoms with Gasteiger partial charge in [0.1, 0.15) is 0 Å². The second kappa shape index (κ2) is 5.71. The molecule has 0 bridgehead atoms. The minimum atomic E-state index is -2.55. The van der Waals surface area contributed by atoms with Gasteiger partial charge in [0.05, 0.1) is 11.6 Å². The largest absolute Gasteiger partial charge is 0.492 e. The predicted octanol–water partition coefficient (Wildman–Crippen LogP) is 3.83. The molecule has 0 N–H and O–H groups in total. The van der Waals surface area contributed by atoms with Gasteiger partial charge in [-0.15, -0.1) is 0 Å². The summed E-state index contributed by atoms with van der Waals surface area (Å²) in [5.41, 5.74) is 0.746. The SMILES string of the molecule is COc1c(F)cc(CN2CCC(F)(F)CC2)cc1Br. The van der Waals surface area contributed by atoms with Gasteiger partial charge in [-0.25, -0.2) is 13.2 Å². The summed E-state index contributed by atoms with van der Waals surface area (Å²) in [5, 5.41) is 0. The average Bonchev–Trinajstić information content (AvgIpc) is 2.32. The molecule has 0 aliphatic carbocycles. The zero-order chi connectivity index (χ0) is 14.0. The van der Waals surface area contributed by atoms with E-state index >= 15 is 0 Å². The zero-order valence-electron chi connectivity index (χ0n) is 10.6. The number of rotatable bonds is 3. The van der Waals surface area contributed by atoms with Gasteiger partial charge in [0.15, 0.2) is 11.6 Å². The van der Waals surface area contributed by atoms with Crippen LogP contribution in [0.1, 0.15) is 18.4 Å². The number of alkyl halides is 2. The fourth-order valence-electron chi connectivity index (χ4n) is 2.20. The maximum absolute atomic E-state index is 13.7. The molecule has 1 saturated heterocycles. The topological polar surface area (TPSA) is 12.5 Å². The number of hydrogen-bond acceptors (Lipinski definition) is 2. The van der Waals surface area contributed by atoms with Crippen LogP contribution in [0.25, 0.3) is 0 Å². The molecule has 6 heteroatoms. The van der Waals surface area contributed by atoms with Crippen LogP contribution in [-0.2, 0) is 6.54 Å². The summed E-state index contributed by atoms with van der Waals surface area (Å²) < 4.78 is 45.2. The highest BCUT2D eigenvalue weighted by atomic mass is 79.9. The molecule has 1 aliphatic heterocycles. The predicted molar refractivity (Wildman–Crippen MR) is 70.1 cm³/mol. The molecule has 1 heterocycles. The Bertz CT molecular complexity index is 434. The summed E-state index contributed by atoms with van der Waals surface area (Å²) >= 11 is 3.24. The maximum Gasteiger partial charge on any atom is 0.250 e. The van der Waals surface area contributed by atoms with Crippen LogP contribution in [-0.4, -0.2) is 31.0 Å². The van der Waals surface area contributed by atoms with E-state index in [4.69, 9.17) is 4.74 Å². The standard InChI is InChI=1S/C13H15BrF3NO/c1-19-12-10(14)6-9(7-11(12)15)8-18-4-2-13(16,17)3-5-18/h6-7H,2-5,8H2,1H3. The highest BCUT2D eigenvalue weighted by molar-refractivity contribution is 9.10. The van der Waals surface area contributed by atoms with Crippen LogP contribution in [0.3, 0.4) is 0 Å². The highest BCUT2D eigenvalue weighted by Crippen LogP contribution is 2.31. The first-order valence-electron chi connectivity index (χ1n) is 6.03. The summed E-state index contributed by atoms with van der Waals surface area (Å²) in [7, 11) is 1.40. The molecule has 0 saturated carbocycles.